The molecule has 1 amide bonds. The Morgan fingerprint density at radius 1 is 1.25 bits per heavy atom. The Labute approximate surface area is 189 Å². The van der Waals surface area contributed by atoms with E-state index in [1.807, 2.05) is 17.9 Å². The number of ether oxygens (including phenoxy) is 1. The van der Waals surface area contributed by atoms with Crippen molar-refractivity contribution in [2.75, 3.05) is 38.1 Å². The number of likely N-dealkylation sites (tertiary alicyclic amines) is 1. The summed E-state index contributed by atoms with van der Waals surface area (Å²) in [5, 5.41) is 3.42. The molecule has 0 spiro atoms. The van der Waals surface area contributed by atoms with Crippen LogP contribution in [-0.4, -0.2) is 56.1 Å². The maximum absolute atomic E-state index is 13.1. The molecule has 2 aliphatic heterocycles. The van der Waals surface area contributed by atoms with Crippen LogP contribution in [-0.2, 0) is 4.79 Å². The lowest BCUT2D eigenvalue weighted by Gasteiger charge is -2.25. The van der Waals surface area contributed by atoms with Crippen molar-refractivity contribution in [1.82, 2.24) is 10.2 Å². The van der Waals surface area contributed by atoms with Gasteiger partial charge in [0.1, 0.15) is 17.7 Å². The molecule has 6 nitrogen and oxygen atoms in total. The Kier molecular flexibility index (Phi) is 6.93. The maximum Gasteiger partial charge on any atom is 0.222 e. The average molecular weight is 439 g/mol. The summed E-state index contributed by atoms with van der Waals surface area (Å²) in [6.45, 7) is 5.05. The summed E-state index contributed by atoms with van der Waals surface area (Å²) < 4.78 is 19.0. The second-order valence-electron chi connectivity index (χ2n) is 8.45. The predicted molar refractivity (Wildman–Crippen MR) is 125 cm³/mol. The molecule has 170 valence electrons. The lowest BCUT2D eigenvalue weighted by molar-refractivity contribution is -0.127. The first-order valence-electron chi connectivity index (χ1n) is 11.3. The maximum atomic E-state index is 13.1. The molecule has 0 aromatic heterocycles. The third-order valence-corrected chi connectivity index (χ3v) is 6.16. The largest absolute Gasteiger partial charge is 0.489 e. The molecule has 1 saturated heterocycles. The van der Waals surface area contributed by atoms with Crippen LogP contribution in [0.15, 0.2) is 53.5 Å². The molecule has 2 atom stereocenters. The highest BCUT2D eigenvalue weighted by molar-refractivity contribution is 5.98. The average Bonchev–Trinajstić information content (AvgIpc) is 3.38. The zero-order chi connectivity index (χ0) is 22.5. The van der Waals surface area contributed by atoms with Gasteiger partial charge in [0, 0.05) is 44.7 Å². The molecule has 1 fully saturated rings. The van der Waals surface area contributed by atoms with E-state index >= 15 is 0 Å². The second kappa shape index (κ2) is 10.0. The zero-order valence-corrected chi connectivity index (χ0v) is 18.8. The van der Waals surface area contributed by atoms with E-state index in [0.717, 1.165) is 44.1 Å². The third-order valence-electron chi connectivity index (χ3n) is 6.16. The van der Waals surface area contributed by atoms with Gasteiger partial charge in [0.2, 0.25) is 5.91 Å². The molecule has 0 saturated carbocycles. The van der Waals surface area contributed by atoms with Gasteiger partial charge < -0.3 is 19.9 Å². The van der Waals surface area contributed by atoms with E-state index in [9.17, 15) is 9.18 Å². The number of benzene rings is 2. The van der Waals surface area contributed by atoms with Crippen LogP contribution in [0.5, 0.6) is 5.75 Å². The van der Waals surface area contributed by atoms with Crippen molar-refractivity contribution in [3.63, 3.8) is 0 Å². The fourth-order valence-corrected chi connectivity index (χ4v) is 4.51. The molecule has 2 aromatic carbocycles. The zero-order valence-electron chi connectivity index (χ0n) is 18.8. The summed E-state index contributed by atoms with van der Waals surface area (Å²) in [5.41, 5.74) is 2.46. The van der Waals surface area contributed by atoms with E-state index in [4.69, 9.17) is 4.74 Å². The van der Waals surface area contributed by atoms with E-state index in [2.05, 4.69) is 33.4 Å². The van der Waals surface area contributed by atoms with Gasteiger partial charge in [0.15, 0.2) is 5.96 Å². The summed E-state index contributed by atoms with van der Waals surface area (Å²) in [7, 11) is 1.78. The highest BCUT2D eigenvalue weighted by atomic mass is 19.1. The van der Waals surface area contributed by atoms with Crippen LogP contribution in [0.2, 0.25) is 0 Å². The molecule has 0 bridgehead atoms. The molecular weight excluding hydrogens is 407 g/mol. The minimum atomic E-state index is -0.278. The number of fused-ring (bicyclic) bond motifs is 1. The van der Waals surface area contributed by atoms with Crippen LogP contribution in [0.25, 0.3) is 0 Å². The van der Waals surface area contributed by atoms with Gasteiger partial charge >= 0.3 is 0 Å². The van der Waals surface area contributed by atoms with Gasteiger partial charge in [-0.05, 0) is 55.7 Å². The standard InChI is InChI=1S/C25H31FN4O2/c1-18(32-21-11-9-20(26)10-12-21)16-28-25(27-2)30-17-19(22-6-3-4-7-23(22)30)13-15-29-14-5-8-24(29)31/h3-4,6-7,9-12,18-19H,5,8,13-17H2,1-2H3,(H,27,28). The van der Waals surface area contributed by atoms with Crippen molar-refractivity contribution in [1.29, 1.82) is 0 Å². The number of carbonyl (C=O) groups is 1. The highest BCUT2D eigenvalue weighted by Crippen LogP contribution is 2.38. The van der Waals surface area contributed by atoms with Crippen molar-refractivity contribution < 1.29 is 13.9 Å². The SMILES string of the molecule is CN=C(NCC(C)Oc1ccc(F)cc1)N1CC(CCN2CCCC2=O)c2ccccc21. The van der Waals surface area contributed by atoms with Crippen LogP contribution in [0.3, 0.4) is 0 Å². The Balaban J connectivity index is 1.37. The van der Waals surface area contributed by atoms with Gasteiger partial charge in [-0.3, -0.25) is 9.79 Å². The van der Waals surface area contributed by atoms with Crippen molar-refractivity contribution in [3.8, 4) is 5.75 Å². The van der Waals surface area contributed by atoms with Gasteiger partial charge in [-0.25, -0.2) is 4.39 Å². The minimum absolute atomic E-state index is 0.118. The Morgan fingerprint density at radius 2 is 2.03 bits per heavy atom. The Hall–Kier alpha value is -3.09. The molecule has 2 aromatic rings. The molecule has 7 heteroatoms. The first-order valence-corrected chi connectivity index (χ1v) is 11.3. The predicted octanol–water partition coefficient (Wildman–Crippen LogP) is 3.78. The molecule has 1 N–H and O–H groups in total. The highest BCUT2D eigenvalue weighted by Gasteiger charge is 2.32. The van der Waals surface area contributed by atoms with Crippen molar-refractivity contribution in [2.24, 2.45) is 4.99 Å². The van der Waals surface area contributed by atoms with E-state index in [1.165, 1.54) is 17.7 Å². The van der Waals surface area contributed by atoms with Crippen LogP contribution in [0.1, 0.15) is 37.7 Å². The van der Waals surface area contributed by atoms with Gasteiger partial charge in [-0.2, -0.15) is 0 Å². The number of guanidine groups is 1. The number of halogens is 1. The smallest absolute Gasteiger partial charge is 0.222 e. The number of carbonyl (C=O) groups excluding carboxylic acids is 1. The molecule has 0 radical (unpaired) electrons. The second-order valence-corrected chi connectivity index (χ2v) is 8.45. The summed E-state index contributed by atoms with van der Waals surface area (Å²) in [6.07, 6.45) is 2.48. The van der Waals surface area contributed by atoms with Gasteiger partial charge in [-0.1, -0.05) is 18.2 Å². The topological polar surface area (TPSA) is 57.2 Å². The van der Waals surface area contributed by atoms with Crippen molar-refractivity contribution in [3.05, 3.63) is 59.9 Å². The minimum Gasteiger partial charge on any atom is -0.489 e. The molecule has 2 aliphatic rings. The number of hydrogen-bond acceptors (Lipinski definition) is 3. The number of hydrogen-bond donors (Lipinski definition) is 1. The first-order chi connectivity index (χ1) is 15.5. The number of anilines is 1. The molecule has 32 heavy (non-hydrogen) atoms. The van der Waals surface area contributed by atoms with Crippen LogP contribution in [0, 0.1) is 5.82 Å². The van der Waals surface area contributed by atoms with Crippen LogP contribution in [0.4, 0.5) is 10.1 Å². The number of amides is 1. The Bertz CT molecular complexity index is 963. The van der Waals surface area contributed by atoms with Crippen LogP contribution < -0.4 is 15.0 Å². The number of aliphatic imine (C=N–C) groups is 1. The van der Waals surface area contributed by atoms with Gasteiger partial charge in [0.25, 0.3) is 0 Å². The summed E-state index contributed by atoms with van der Waals surface area (Å²) >= 11 is 0. The molecular formula is C25H31FN4O2. The first kappa shape index (κ1) is 22.1. The van der Waals surface area contributed by atoms with E-state index < -0.39 is 0 Å². The molecule has 0 aliphatic carbocycles. The lowest BCUT2D eigenvalue weighted by Crippen LogP contribution is -2.44. The fraction of sp³-hybridized carbons (Fsp3) is 0.440. The molecule has 2 unspecified atom stereocenters. The normalized spacial score (nSPS) is 19.3. The number of nitrogens with one attached hydrogen (secondary N) is 1. The number of para-hydroxylation sites is 1. The Morgan fingerprint density at radius 3 is 2.75 bits per heavy atom. The summed E-state index contributed by atoms with van der Waals surface area (Å²) in [4.78, 5) is 20.7. The van der Waals surface area contributed by atoms with Crippen molar-refractivity contribution in [2.45, 2.75) is 38.2 Å². The number of nitrogens with zero attached hydrogens (tertiary/aromatic N) is 3. The summed E-state index contributed by atoms with van der Waals surface area (Å²) in [6, 6.07) is 14.5. The van der Waals surface area contributed by atoms with E-state index in [1.54, 1.807) is 19.2 Å². The number of rotatable bonds is 7. The summed E-state index contributed by atoms with van der Waals surface area (Å²) in [5.74, 6) is 1.79. The fourth-order valence-electron chi connectivity index (χ4n) is 4.51. The quantitative estimate of drug-likeness (QED) is 0.528. The third kappa shape index (κ3) is 5.03. The van der Waals surface area contributed by atoms with E-state index in [-0.39, 0.29) is 17.8 Å². The molecule has 2 heterocycles. The lowest BCUT2D eigenvalue weighted by atomic mass is 9.98. The van der Waals surface area contributed by atoms with Crippen LogP contribution >= 0.6 is 0 Å². The van der Waals surface area contributed by atoms with Gasteiger partial charge in [-0.15, -0.1) is 0 Å². The van der Waals surface area contributed by atoms with E-state index in [0.29, 0.717) is 24.6 Å². The van der Waals surface area contributed by atoms with Crippen molar-refractivity contribution >= 4 is 17.6 Å². The monoisotopic (exact) mass is 438 g/mol. The molecule has 4 rings (SSSR count). The van der Waals surface area contributed by atoms with Gasteiger partial charge in [0.05, 0.1) is 6.54 Å².